The Bertz CT molecular complexity index is 70.8. The van der Waals surface area contributed by atoms with Crippen LogP contribution in [0.15, 0.2) is 0 Å². The summed E-state index contributed by atoms with van der Waals surface area (Å²) in [5.74, 6) is 0. The van der Waals surface area contributed by atoms with E-state index in [9.17, 15) is 0 Å². The average Bonchev–Trinajstić information content (AvgIpc) is 1.67. The highest BCUT2D eigenvalue weighted by Gasteiger charge is 2.23. The molecule has 0 amide bonds. The fraction of sp³-hybridized carbons (Fsp3) is 1.00. The van der Waals surface area contributed by atoms with Crippen LogP contribution < -0.4 is 0 Å². The maximum absolute atomic E-state index is 5.60. The SMILES string of the molecule is CC(C)(CBr)C(Cl)Cl. The van der Waals surface area contributed by atoms with Crippen LogP contribution in [0, 0.1) is 5.41 Å². The summed E-state index contributed by atoms with van der Waals surface area (Å²) in [6.07, 6.45) is 0. The first-order valence-electron chi connectivity index (χ1n) is 2.35. The Hall–Kier alpha value is 1.06. The van der Waals surface area contributed by atoms with Crippen molar-refractivity contribution in [2.24, 2.45) is 5.41 Å². The summed E-state index contributed by atoms with van der Waals surface area (Å²) in [6.45, 7) is 4.01. The Balaban J connectivity index is 3.71. The average molecular weight is 220 g/mol. The first-order valence-corrected chi connectivity index (χ1v) is 4.34. The summed E-state index contributed by atoms with van der Waals surface area (Å²) in [6, 6.07) is 0. The molecular weight excluding hydrogens is 211 g/mol. The monoisotopic (exact) mass is 218 g/mol. The van der Waals surface area contributed by atoms with E-state index in [1.165, 1.54) is 0 Å². The van der Waals surface area contributed by atoms with Gasteiger partial charge in [-0.3, -0.25) is 0 Å². The molecule has 8 heavy (non-hydrogen) atoms. The van der Waals surface area contributed by atoms with Gasteiger partial charge in [0.1, 0.15) is 4.84 Å². The fourth-order valence-corrected chi connectivity index (χ4v) is 0.909. The number of rotatable bonds is 2. The van der Waals surface area contributed by atoms with Crippen molar-refractivity contribution in [2.45, 2.75) is 18.7 Å². The maximum Gasteiger partial charge on any atom is 0.113 e. The maximum atomic E-state index is 5.60. The van der Waals surface area contributed by atoms with Crippen LogP contribution in [-0.4, -0.2) is 10.2 Å². The molecule has 0 unspecified atom stereocenters. The van der Waals surface area contributed by atoms with Gasteiger partial charge in [-0.25, -0.2) is 0 Å². The molecular formula is C5H9BrCl2. The minimum absolute atomic E-state index is 0.0108. The quantitative estimate of drug-likeness (QED) is 0.626. The van der Waals surface area contributed by atoms with Crippen molar-refractivity contribution in [3.05, 3.63) is 0 Å². The van der Waals surface area contributed by atoms with Crippen LogP contribution in [0.5, 0.6) is 0 Å². The van der Waals surface area contributed by atoms with Crippen LogP contribution in [0.25, 0.3) is 0 Å². The van der Waals surface area contributed by atoms with E-state index in [-0.39, 0.29) is 10.3 Å². The summed E-state index contributed by atoms with van der Waals surface area (Å²) >= 11 is 14.5. The van der Waals surface area contributed by atoms with Gasteiger partial charge < -0.3 is 0 Å². The van der Waals surface area contributed by atoms with E-state index >= 15 is 0 Å². The van der Waals surface area contributed by atoms with E-state index in [2.05, 4.69) is 15.9 Å². The molecule has 0 radical (unpaired) electrons. The molecule has 0 fully saturated rings. The van der Waals surface area contributed by atoms with Gasteiger partial charge in [-0.1, -0.05) is 29.8 Å². The Morgan fingerprint density at radius 1 is 1.50 bits per heavy atom. The van der Waals surface area contributed by atoms with Gasteiger partial charge in [-0.2, -0.15) is 0 Å². The molecule has 0 rings (SSSR count). The van der Waals surface area contributed by atoms with Crippen molar-refractivity contribution in [2.75, 3.05) is 5.33 Å². The Kier molecular flexibility index (Phi) is 3.72. The van der Waals surface area contributed by atoms with Gasteiger partial charge in [0.05, 0.1) is 0 Å². The molecule has 0 spiro atoms. The first kappa shape index (κ1) is 9.06. The zero-order chi connectivity index (χ0) is 6.78. The molecule has 3 heteroatoms. The van der Waals surface area contributed by atoms with Crippen LogP contribution in [0.2, 0.25) is 0 Å². The molecule has 0 saturated carbocycles. The third-order valence-electron chi connectivity index (χ3n) is 0.935. The second kappa shape index (κ2) is 3.28. The van der Waals surface area contributed by atoms with Crippen LogP contribution in [0.1, 0.15) is 13.8 Å². The van der Waals surface area contributed by atoms with Gasteiger partial charge in [0.25, 0.3) is 0 Å². The standard InChI is InChI=1S/C5H9BrCl2/c1-5(2,3-6)4(7)8/h4H,3H2,1-2H3. The Morgan fingerprint density at radius 3 is 1.88 bits per heavy atom. The van der Waals surface area contributed by atoms with Crippen LogP contribution in [0.4, 0.5) is 0 Å². The summed E-state index contributed by atoms with van der Waals surface area (Å²) in [7, 11) is 0. The van der Waals surface area contributed by atoms with E-state index in [0.717, 1.165) is 5.33 Å². The van der Waals surface area contributed by atoms with E-state index < -0.39 is 0 Å². The predicted molar refractivity (Wildman–Crippen MR) is 43.1 cm³/mol. The molecule has 0 heterocycles. The molecule has 50 valence electrons. The van der Waals surface area contributed by atoms with Crippen molar-refractivity contribution < 1.29 is 0 Å². The zero-order valence-corrected chi connectivity index (χ0v) is 8.02. The van der Waals surface area contributed by atoms with Crippen molar-refractivity contribution in [1.29, 1.82) is 0 Å². The van der Waals surface area contributed by atoms with Crippen molar-refractivity contribution in [3.63, 3.8) is 0 Å². The van der Waals surface area contributed by atoms with E-state index in [1.54, 1.807) is 0 Å². The summed E-state index contributed by atoms with van der Waals surface area (Å²) in [5.41, 5.74) is -0.0108. The van der Waals surface area contributed by atoms with Crippen LogP contribution >= 0.6 is 39.1 Å². The number of hydrogen-bond donors (Lipinski definition) is 0. The molecule has 0 N–H and O–H groups in total. The Morgan fingerprint density at radius 2 is 1.88 bits per heavy atom. The van der Waals surface area contributed by atoms with Crippen LogP contribution in [0.3, 0.4) is 0 Å². The first-order chi connectivity index (χ1) is 3.50. The highest BCUT2D eigenvalue weighted by atomic mass is 79.9. The second-order valence-corrected chi connectivity index (χ2v) is 4.08. The highest BCUT2D eigenvalue weighted by molar-refractivity contribution is 9.09. The summed E-state index contributed by atoms with van der Waals surface area (Å²) < 4.78 is 0. The lowest BCUT2D eigenvalue weighted by Gasteiger charge is -2.21. The molecule has 0 aromatic rings. The lowest BCUT2D eigenvalue weighted by molar-refractivity contribution is 0.465. The number of alkyl halides is 3. The highest BCUT2D eigenvalue weighted by Crippen LogP contribution is 2.29. The largest absolute Gasteiger partial charge is 0.113 e. The van der Waals surface area contributed by atoms with Gasteiger partial charge in [0.15, 0.2) is 0 Å². The van der Waals surface area contributed by atoms with Crippen molar-refractivity contribution >= 4 is 39.1 Å². The van der Waals surface area contributed by atoms with Crippen molar-refractivity contribution in [1.82, 2.24) is 0 Å². The third-order valence-corrected chi connectivity index (χ3v) is 3.56. The minimum Gasteiger partial charge on any atom is -0.105 e. The molecule has 0 aliphatic carbocycles. The van der Waals surface area contributed by atoms with Crippen LogP contribution in [-0.2, 0) is 0 Å². The summed E-state index contributed by atoms with van der Waals surface area (Å²) in [5, 5.41) is 0.831. The van der Waals surface area contributed by atoms with E-state index in [1.807, 2.05) is 13.8 Å². The molecule has 0 aromatic carbocycles. The molecule has 0 aliphatic rings. The van der Waals surface area contributed by atoms with E-state index in [4.69, 9.17) is 23.2 Å². The predicted octanol–water partition coefficient (Wildman–Crippen LogP) is 3.21. The normalized spacial score (nSPS) is 12.8. The lowest BCUT2D eigenvalue weighted by atomic mass is 10.0. The van der Waals surface area contributed by atoms with Gasteiger partial charge in [0, 0.05) is 10.7 Å². The third kappa shape index (κ3) is 2.56. The smallest absolute Gasteiger partial charge is 0.105 e. The van der Waals surface area contributed by atoms with Gasteiger partial charge in [0.2, 0.25) is 0 Å². The molecule has 0 bridgehead atoms. The lowest BCUT2D eigenvalue weighted by Crippen LogP contribution is -2.21. The molecule has 0 atom stereocenters. The number of halogens is 3. The van der Waals surface area contributed by atoms with Gasteiger partial charge in [-0.15, -0.1) is 23.2 Å². The zero-order valence-electron chi connectivity index (χ0n) is 4.92. The molecule has 0 aliphatic heterocycles. The second-order valence-electron chi connectivity index (χ2n) is 2.42. The molecule has 0 saturated heterocycles. The topological polar surface area (TPSA) is 0 Å². The minimum atomic E-state index is -0.290. The Labute approximate surface area is 68.7 Å². The molecule has 0 aromatic heterocycles. The van der Waals surface area contributed by atoms with Gasteiger partial charge in [-0.05, 0) is 0 Å². The fourth-order valence-electron chi connectivity index (χ4n) is 0.0583. The molecule has 0 nitrogen and oxygen atoms in total. The van der Waals surface area contributed by atoms with Crippen molar-refractivity contribution in [3.8, 4) is 0 Å². The number of hydrogen-bond acceptors (Lipinski definition) is 0. The van der Waals surface area contributed by atoms with Gasteiger partial charge >= 0.3 is 0 Å². The van der Waals surface area contributed by atoms with E-state index in [0.29, 0.717) is 0 Å². The summed E-state index contributed by atoms with van der Waals surface area (Å²) in [4.78, 5) is -0.290.